The maximum atomic E-state index is 13.0. The Balaban J connectivity index is 1.48. The molecule has 0 bridgehead atoms. The van der Waals surface area contributed by atoms with Crippen LogP contribution in [0, 0.1) is 0 Å². The Hall–Kier alpha value is -4.85. The molecule has 0 saturated heterocycles. The third-order valence-corrected chi connectivity index (χ3v) is 5.56. The monoisotopic (exact) mass is 462 g/mol. The number of nitrogens with one attached hydrogen (secondary N) is 1. The average molecular weight is 463 g/mol. The maximum absolute atomic E-state index is 13.0. The van der Waals surface area contributed by atoms with Crippen molar-refractivity contribution in [3.05, 3.63) is 113 Å². The summed E-state index contributed by atoms with van der Waals surface area (Å²) in [4.78, 5) is 25.5. The van der Waals surface area contributed by atoms with Gasteiger partial charge in [-0.3, -0.25) is 9.59 Å². The molecule has 0 aliphatic carbocycles. The number of rotatable bonds is 6. The second-order valence-corrected chi connectivity index (χ2v) is 7.79. The van der Waals surface area contributed by atoms with E-state index in [0.717, 1.165) is 22.5 Å². The summed E-state index contributed by atoms with van der Waals surface area (Å²) in [5.74, 6) is -0.503. The normalized spacial score (nSPS) is 11.2. The van der Waals surface area contributed by atoms with Crippen LogP contribution >= 0.6 is 0 Å². The molecule has 0 fully saturated rings. The van der Waals surface area contributed by atoms with Crippen LogP contribution in [0.25, 0.3) is 27.7 Å². The number of hydrazone groups is 1. The SMILES string of the molecule is CCn1nc(C(=O)N/N=C/c2cn(-c3ccccc3)nc2-c2ccccc2)c2ccccc2c1=O. The molecule has 2 heterocycles. The first kappa shape index (κ1) is 22.0. The second kappa shape index (κ2) is 9.56. The third-order valence-electron chi connectivity index (χ3n) is 5.56. The Bertz CT molecular complexity index is 1590. The zero-order chi connectivity index (χ0) is 24.2. The summed E-state index contributed by atoms with van der Waals surface area (Å²) in [6.45, 7) is 2.16. The van der Waals surface area contributed by atoms with Crippen LogP contribution in [0.1, 0.15) is 23.0 Å². The number of aryl methyl sites for hydroxylation is 1. The lowest BCUT2D eigenvalue weighted by molar-refractivity contribution is 0.0949. The quantitative estimate of drug-likeness (QED) is 0.304. The molecule has 8 heteroatoms. The van der Waals surface area contributed by atoms with E-state index in [1.807, 2.05) is 66.9 Å². The van der Waals surface area contributed by atoms with Gasteiger partial charge in [-0.2, -0.15) is 15.3 Å². The topological polar surface area (TPSA) is 94.2 Å². The van der Waals surface area contributed by atoms with E-state index in [4.69, 9.17) is 5.10 Å². The summed E-state index contributed by atoms with van der Waals surface area (Å²) in [5, 5.41) is 14.1. The summed E-state index contributed by atoms with van der Waals surface area (Å²) in [5.41, 5.74) is 5.76. The molecule has 3 aromatic carbocycles. The van der Waals surface area contributed by atoms with Crippen molar-refractivity contribution >= 4 is 22.9 Å². The number of amides is 1. The van der Waals surface area contributed by atoms with Crippen LogP contribution < -0.4 is 11.0 Å². The van der Waals surface area contributed by atoms with Crippen molar-refractivity contribution in [3.8, 4) is 16.9 Å². The highest BCUT2D eigenvalue weighted by atomic mass is 16.2. The number of fused-ring (bicyclic) bond motifs is 1. The number of carbonyl (C=O) groups excluding carboxylic acids is 1. The van der Waals surface area contributed by atoms with Gasteiger partial charge in [-0.15, -0.1) is 0 Å². The van der Waals surface area contributed by atoms with Gasteiger partial charge in [0, 0.05) is 29.3 Å². The van der Waals surface area contributed by atoms with Gasteiger partial charge in [0.15, 0.2) is 5.69 Å². The lowest BCUT2D eigenvalue weighted by Crippen LogP contribution is -2.28. The van der Waals surface area contributed by atoms with E-state index in [0.29, 0.717) is 17.3 Å². The van der Waals surface area contributed by atoms with Crippen molar-refractivity contribution in [2.45, 2.75) is 13.5 Å². The van der Waals surface area contributed by atoms with Crippen LogP contribution in [0.2, 0.25) is 0 Å². The molecule has 35 heavy (non-hydrogen) atoms. The number of nitrogens with zero attached hydrogens (tertiary/aromatic N) is 5. The molecular weight excluding hydrogens is 440 g/mol. The minimum Gasteiger partial charge on any atom is -0.267 e. The van der Waals surface area contributed by atoms with E-state index in [2.05, 4.69) is 15.6 Å². The van der Waals surface area contributed by atoms with Gasteiger partial charge in [-0.05, 0) is 25.1 Å². The van der Waals surface area contributed by atoms with E-state index >= 15 is 0 Å². The molecule has 0 aliphatic heterocycles. The Morgan fingerprint density at radius 2 is 1.57 bits per heavy atom. The van der Waals surface area contributed by atoms with Gasteiger partial charge in [-0.1, -0.05) is 66.7 Å². The van der Waals surface area contributed by atoms with Crippen molar-refractivity contribution in [2.24, 2.45) is 5.10 Å². The minimum atomic E-state index is -0.503. The highest BCUT2D eigenvalue weighted by Crippen LogP contribution is 2.22. The number of carbonyl (C=O) groups is 1. The van der Waals surface area contributed by atoms with E-state index in [-0.39, 0.29) is 11.3 Å². The molecule has 0 radical (unpaired) electrons. The van der Waals surface area contributed by atoms with Crippen LogP contribution in [0.3, 0.4) is 0 Å². The first-order valence-corrected chi connectivity index (χ1v) is 11.2. The highest BCUT2D eigenvalue weighted by Gasteiger charge is 2.16. The number of para-hydroxylation sites is 1. The summed E-state index contributed by atoms with van der Waals surface area (Å²) >= 11 is 0. The van der Waals surface area contributed by atoms with Crippen LogP contribution in [0.15, 0.2) is 101 Å². The van der Waals surface area contributed by atoms with E-state index in [1.165, 1.54) is 4.68 Å². The molecular formula is C27H22N6O2. The van der Waals surface area contributed by atoms with Gasteiger partial charge < -0.3 is 0 Å². The van der Waals surface area contributed by atoms with Gasteiger partial charge in [0.05, 0.1) is 17.3 Å². The molecule has 0 atom stereocenters. The predicted molar refractivity (Wildman–Crippen MR) is 136 cm³/mol. The first-order chi connectivity index (χ1) is 17.2. The molecule has 5 rings (SSSR count). The van der Waals surface area contributed by atoms with E-state index < -0.39 is 5.91 Å². The lowest BCUT2D eigenvalue weighted by Gasteiger charge is -2.08. The summed E-state index contributed by atoms with van der Waals surface area (Å²) in [7, 11) is 0. The molecule has 0 aliphatic rings. The van der Waals surface area contributed by atoms with Crippen molar-refractivity contribution in [1.29, 1.82) is 0 Å². The fraction of sp³-hybridized carbons (Fsp3) is 0.0741. The summed E-state index contributed by atoms with van der Waals surface area (Å²) in [6.07, 6.45) is 3.42. The van der Waals surface area contributed by atoms with Crippen molar-refractivity contribution in [1.82, 2.24) is 25.0 Å². The molecule has 1 N–H and O–H groups in total. The largest absolute Gasteiger partial charge is 0.292 e. The fourth-order valence-corrected chi connectivity index (χ4v) is 3.85. The van der Waals surface area contributed by atoms with E-state index in [9.17, 15) is 9.59 Å². The predicted octanol–water partition coefficient (Wildman–Crippen LogP) is 4.03. The second-order valence-electron chi connectivity index (χ2n) is 7.79. The van der Waals surface area contributed by atoms with Gasteiger partial charge >= 0.3 is 0 Å². The number of hydrogen-bond acceptors (Lipinski definition) is 5. The number of benzene rings is 3. The Morgan fingerprint density at radius 1 is 0.914 bits per heavy atom. The van der Waals surface area contributed by atoms with Crippen LogP contribution in [-0.2, 0) is 6.54 Å². The minimum absolute atomic E-state index is 0.141. The molecule has 5 aromatic rings. The van der Waals surface area contributed by atoms with Crippen molar-refractivity contribution in [3.63, 3.8) is 0 Å². The van der Waals surface area contributed by atoms with Crippen LogP contribution in [0.5, 0.6) is 0 Å². The van der Waals surface area contributed by atoms with Crippen LogP contribution in [0.4, 0.5) is 0 Å². The Morgan fingerprint density at radius 3 is 2.29 bits per heavy atom. The Labute approximate surface area is 201 Å². The van der Waals surface area contributed by atoms with Crippen molar-refractivity contribution in [2.75, 3.05) is 0 Å². The zero-order valence-corrected chi connectivity index (χ0v) is 19.0. The number of aromatic nitrogens is 4. The molecule has 172 valence electrons. The molecule has 0 saturated carbocycles. The third kappa shape index (κ3) is 4.37. The van der Waals surface area contributed by atoms with Gasteiger partial charge in [0.2, 0.25) is 0 Å². The summed E-state index contributed by atoms with van der Waals surface area (Å²) in [6, 6.07) is 26.5. The fourth-order valence-electron chi connectivity index (χ4n) is 3.85. The lowest BCUT2D eigenvalue weighted by atomic mass is 10.1. The van der Waals surface area contributed by atoms with E-state index in [1.54, 1.807) is 42.1 Å². The molecule has 0 spiro atoms. The smallest absolute Gasteiger partial charge is 0.267 e. The van der Waals surface area contributed by atoms with Gasteiger partial charge in [0.1, 0.15) is 5.69 Å². The highest BCUT2D eigenvalue weighted by molar-refractivity contribution is 6.05. The molecule has 0 unspecified atom stereocenters. The Kier molecular flexibility index (Phi) is 6.00. The number of hydrogen-bond donors (Lipinski definition) is 1. The van der Waals surface area contributed by atoms with Crippen LogP contribution in [-0.4, -0.2) is 31.7 Å². The van der Waals surface area contributed by atoms with Crippen molar-refractivity contribution < 1.29 is 4.79 Å². The zero-order valence-electron chi connectivity index (χ0n) is 19.0. The summed E-state index contributed by atoms with van der Waals surface area (Å²) < 4.78 is 3.05. The van der Waals surface area contributed by atoms with Gasteiger partial charge in [-0.25, -0.2) is 14.8 Å². The molecule has 8 nitrogen and oxygen atoms in total. The standard InChI is InChI=1S/C27H22N6O2/c1-2-32-27(35)23-16-10-9-15-22(23)25(31-32)26(34)29-28-17-20-18-33(21-13-7-4-8-14-21)30-24(20)19-11-5-3-6-12-19/h3-18H,2H2,1H3,(H,29,34)/b28-17+. The molecule has 1 amide bonds. The van der Waals surface area contributed by atoms with Gasteiger partial charge in [0.25, 0.3) is 11.5 Å². The average Bonchev–Trinajstić information content (AvgIpc) is 3.34. The maximum Gasteiger partial charge on any atom is 0.292 e. The molecule has 2 aromatic heterocycles. The first-order valence-electron chi connectivity index (χ1n) is 11.2.